The first kappa shape index (κ1) is 15.5. The van der Waals surface area contributed by atoms with E-state index in [2.05, 4.69) is 0 Å². The lowest BCUT2D eigenvalue weighted by Gasteiger charge is -2.06. The van der Waals surface area contributed by atoms with Gasteiger partial charge in [-0.2, -0.15) is 0 Å². The minimum absolute atomic E-state index is 0.0232. The summed E-state index contributed by atoms with van der Waals surface area (Å²) in [7, 11) is 0. The standard InChI is InChI=1S/C16H10FNO6/c17-12-4-2-1-3-10(12)11(16(19)20)5-9-6-14-15(24-8-23-14)7-13(9)18(21)22/h1-7H,8H2,(H,19,20)/b11-5+. The van der Waals surface area contributed by atoms with Gasteiger partial charge in [-0.3, -0.25) is 10.1 Å². The molecule has 0 fully saturated rings. The number of carboxylic acid groups (broad SMARTS) is 1. The highest BCUT2D eigenvalue weighted by Crippen LogP contribution is 2.39. The van der Waals surface area contributed by atoms with Gasteiger partial charge in [-0.25, -0.2) is 9.18 Å². The summed E-state index contributed by atoms with van der Waals surface area (Å²) in [4.78, 5) is 22.1. The van der Waals surface area contributed by atoms with Crippen LogP contribution in [0.25, 0.3) is 11.6 Å². The first-order chi connectivity index (χ1) is 11.5. The Kier molecular flexibility index (Phi) is 3.87. The van der Waals surface area contributed by atoms with Crippen LogP contribution >= 0.6 is 0 Å². The van der Waals surface area contributed by atoms with Gasteiger partial charge in [0.2, 0.25) is 6.79 Å². The highest BCUT2D eigenvalue weighted by Gasteiger charge is 2.24. The zero-order valence-corrected chi connectivity index (χ0v) is 12.1. The second-order valence-corrected chi connectivity index (χ2v) is 4.86. The van der Waals surface area contributed by atoms with E-state index >= 15 is 0 Å². The van der Waals surface area contributed by atoms with Gasteiger partial charge < -0.3 is 14.6 Å². The molecule has 0 atom stereocenters. The van der Waals surface area contributed by atoms with Crippen molar-refractivity contribution in [3.05, 3.63) is 63.5 Å². The molecule has 0 spiro atoms. The number of carboxylic acids is 1. The van der Waals surface area contributed by atoms with Gasteiger partial charge in [0.1, 0.15) is 5.82 Å². The lowest BCUT2D eigenvalue weighted by Crippen LogP contribution is -2.02. The van der Waals surface area contributed by atoms with Gasteiger partial charge in [-0.15, -0.1) is 0 Å². The van der Waals surface area contributed by atoms with Gasteiger partial charge in [-0.1, -0.05) is 18.2 Å². The van der Waals surface area contributed by atoms with Gasteiger partial charge in [-0.05, 0) is 18.2 Å². The first-order valence-electron chi connectivity index (χ1n) is 6.75. The second kappa shape index (κ2) is 5.99. The van der Waals surface area contributed by atoms with E-state index in [0.717, 1.165) is 18.2 Å². The molecule has 0 aliphatic carbocycles. The largest absolute Gasteiger partial charge is 0.478 e. The normalized spacial score (nSPS) is 13.0. The maximum atomic E-state index is 13.9. The van der Waals surface area contributed by atoms with E-state index in [-0.39, 0.29) is 35.1 Å². The van der Waals surface area contributed by atoms with Crippen molar-refractivity contribution < 1.29 is 28.7 Å². The van der Waals surface area contributed by atoms with Crippen LogP contribution in [0.1, 0.15) is 11.1 Å². The fraction of sp³-hybridized carbons (Fsp3) is 0.0625. The van der Waals surface area contributed by atoms with Crippen LogP contribution in [-0.2, 0) is 4.79 Å². The number of hydrogen-bond acceptors (Lipinski definition) is 5. The van der Waals surface area contributed by atoms with Crippen LogP contribution in [0, 0.1) is 15.9 Å². The van der Waals surface area contributed by atoms with E-state index in [1.165, 1.54) is 24.3 Å². The van der Waals surface area contributed by atoms with E-state index in [1.807, 2.05) is 0 Å². The first-order valence-corrected chi connectivity index (χ1v) is 6.75. The van der Waals surface area contributed by atoms with Crippen molar-refractivity contribution in [1.82, 2.24) is 0 Å². The molecule has 0 saturated heterocycles. The molecule has 7 nitrogen and oxygen atoms in total. The highest BCUT2D eigenvalue weighted by atomic mass is 19.1. The van der Waals surface area contributed by atoms with Gasteiger partial charge >= 0.3 is 5.97 Å². The number of aliphatic carboxylic acids is 1. The molecule has 0 bridgehead atoms. The number of ether oxygens (including phenoxy) is 2. The van der Waals surface area contributed by atoms with Crippen LogP contribution in [0.2, 0.25) is 0 Å². The summed E-state index contributed by atoms with van der Waals surface area (Å²) in [5, 5.41) is 20.6. The minimum Gasteiger partial charge on any atom is -0.478 e. The number of hydrogen-bond donors (Lipinski definition) is 1. The number of nitro groups is 1. The Balaban J connectivity index is 2.19. The molecule has 8 heteroatoms. The zero-order valence-electron chi connectivity index (χ0n) is 12.1. The van der Waals surface area contributed by atoms with Gasteiger partial charge in [0.05, 0.1) is 22.1 Å². The van der Waals surface area contributed by atoms with E-state index in [9.17, 15) is 24.4 Å². The molecule has 1 aliphatic heterocycles. The summed E-state index contributed by atoms with van der Waals surface area (Å²) >= 11 is 0. The molecule has 3 rings (SSSR count). The van der Waals surface area contributed by atoms with Crippen molar-refractivity contribution in [2.75, 3.05) is 6.79 Å². The predicted molar refractivity (Wildman–Crippen MR) is 81.1 cm³/mol. The molecule has 2 aromatic rings. The number of carbonyl (C=O) groups is 1. The molecule has 0 radical (unpaired) electrons. The predicted octanol–water partition coefficient (Wildman–Crippen LogP) is 3.09. The summed E-state index contributed by atoms with van der Waals surface area (Å²) in [6.45, 7) is -0.0846. The molecule has 0 amide bonds. The Morgan fingerprint density at radius 1 is 1.25 bits per heavy atom. The highest BCUT2D eigenvalue weighted by molar-refractivity contribution is 6.21. The molecule has 0 aromatic heterocycles. The molecular formula is C16H10FNO6. The van der Waals surface area contributed by atoms with E-state index in [4.69, 9.17) is 9.47 Å². The summed E-state index contributed by atoms with van der Waals surface area (Å²) in [6, 6.07) is 7.73. The Bertz CT molecular complexity index is 877. The summed E-state index contributed by atoms with van der Waals surface area (Å²) < 4.78 is 24.1. The molecule has 0 saturated carbocycles. The van der Waals surface area contributed by atoms with E-state index in [1.54, 1.807) is 0 Å². The van der Waals surface area contributed by atoms with Gasteiger partial charge in [0.25, 0.3) is 5.69 Å². The zero-order chi connectivity index (χ0) is 17.3. The maximum absolute atomic E-state index is 13.9. The van der Waals surface area contributed by atoms with Crippen molar-refractivity contribution in [3.8, 4) is 11.5 Å². The minimum atomic E-state index is -1.41. The smallest absolute Gasteiger partial charge is 0.336 e. The SMILES string of the molecule is O=C(O)/C(=C/c1cc2c(cc1[N+](=O)[O-])OCO2)c1ccccc1F. The van der Waals surface area contributed by atoms with Crippen LogP contribution in [0.3, 0.4) is 0 Å². The van der Waals surface area contributed by atoms with Crippen LogP contribution in [0.15, 0.2) is 36.4 Å². The third-order valence-electron chi connectivity index (χ3n) is 3.41. The molecule has 1 heterocycles. The average Bonchev–Trinajstić information content (AvgIpc) is 2.99. The number of nitrogens with zero attached hydrogens (tertiary/aromatic N) is 1. The van der Waals surface area contributed by atoms with Crippen molar-refractivity contribution in [2.45, 2.75) is 0 Å². The molecule has 0 unspecified atom stereocenters. The summed E-state index contributed by atoms with van der Waals surface area (Å²) in [5.41, 5.74) is -0.966. The average molecular weight is 331 g/mol. The van der Waals surface area contributed by atoms with Gasteiger partial charge in [0, 0.05) is 5.56 Å². The van der Waals surface area contributed by atoms with Gasteiger partial charge in [0.15, 0.2) is 11.5 Å². The topological polar surface area (TPSA) is 98.9 Å². The molecule has 1 aliphatic rings. The molecular weight excluding hydrogens is 321 g/mol. The Morgan fingerprint density at radius 2 is 1.92 bits per heavy atom. The monoisotopic (exact) mass is 331 g/mol. The maximum Gasteiger partial charge on any atom is 0.336 e. The summed E-state index contributed by atoms with van der Waals surface area (Å²) in [5.74, 6) is -1.70. The molecule has 2 aromatic carbocycles. The van der Waals surface area contributed by atoms with Crippen LogP contribution in [-0.4, -0.2) is 22.8 Å². The van der Waals surface area contributed by atoms with E-state index < -0.39 is 22.3 Å². The number of halogens is 1. The number of benzene rings is 2. The third-order valence-corrected chi connectivity index (χ3v) is 3.41. The lowest BCUT2D eigenvalue weighted by atomic mass is 10.0. The third kappa shape index (κ3) is 2.76. The number of fused-ring (bicyclic) bond motifs is 1. The van der Waals surface area contributed by atoms with Crippen molar-refractivity contribution in [3.63, 3.8) is 0 Å². The molecule has 1 N–H and O–H groups in total. The fourth-order valence-corrected chi connectivity index (χ4v) is 2.31. The Hall–Kier alpha value is -3.42. The van der Waals surface area contributed by atoms with Crippen molar-refractivity contribution in [1.29, 1.82) is 0 Å². The number of rotatable bonds is 4. The van der Waals surface area contributed by atoms with Crippen molar-refractivity contribution in [2.24, 2.45) is 0 Å². The van der Waals surface area contributed by atoms with E-state index in [0.29, 0.717) is 0 Å². The fourth-order valence-electron chi connectivity index (χ4n) is 2.31. The van der Waals surface area contributed by atoms with Crippen LogP contribution in [0.5, 0.6) is 11.5 Å². The Morgan fingerprint density at radius 3 is 2.54 bits per heavy atom. The lowest BCUT2D eigenvalue weighted by molar-refractivity contribution is -0.385. The molecule has 24 heavy (non-hydrogen) atoms. The second-order valence-electron chi connectivity index (χ2n) is 4.86. The molecule has 122 valence electrons. The van der Waals surface area contributed by atoms with Crippen LogP contribution < -0.4 is 9.47 Å². The summed E-state index contributed by atoms with van der Waals surface area (Å²) in [6.07, 6.45) is 1.04. The van der Waals surface area contributed by atoms with Crippen molar-refractivity contribution >= 4 is 23.3 Å². The Labute approximate surface area is 134 Å². The van der Waals surface area contributed by atoms with Crippen LogP contribution in [0.4, 0.5) is 10.1 Å². The quantitative estimate of drug-likeness (QED) is 0.400. The number of nitro benzene ring substituents is 1.